The summed E-state index contributed by atoms with van der Waals surface area (Å²) in [7, 11) is 0. The van der Waals surface area contributed by atoms with Crippen LogP contribution in [0.2, 0.25) is 0 Å². The van der Waals surface area contributed by atoms with Crippen LogP contribution in [0.1, 0.15) is 0 Å². The number of amides is 1. The van der Waals surface area contributed by atoms with Gasteiger partial charge in [0.2, 0.25) is 0 Å². The topological polar surface area (TPSA) is 61.8 Å². The molecule has 1 fully saturated rings. The quantitative estimate of drug-likeness (QED) is 0.517. The molecule has 5 heteroatoms. The summed E-state index contributed by atoms with van der Waals surface area (Å²) in [4.78, 5) is 16.6. The Morgan fingerprint density at radius 2 is 2.73 bits per heavy atom. The summed E-state index contributed by atoms with van der Waals surface area (Å²) in [6, 6.07) is 0. The van der Waals surface area contributed by atoms with Gasteiger partial charge in [-0.15, -0.1) is 0 Å². The van der Waals surface area contributed by atoms with Crippen LogP contribution in [-0.2, 0) is 4.84 Å². The molecule has 2 N–H and O–H groups in total. The van der Waals surface area contributed by atoms with Crippen LogP contribution < -0.4 is 5.48 Å². The van der Waals surface area contributed by atoms with Gasteiger partial charge in [-0.05, 0) is 0 Å². The maximum absolute atomic E-state index is 10.4. The number of carbonyl (C=O) groups is 1. The van der Waals surface area contributed by atoms with Crippen molar-refractivity contribution in [1.29, 1.82) is 0 Å². The van der Waals surface area contributed by atoms with Gasteiger partial charge in [0.15, 0.2) is 0 Å². The minimum Gasteiger partial charge on any atom is -0.465 e. The van der Waals surface area contributed by atoms with E-state index >= 15 is 0 Å². The molecule has 1 atom stereocenters. The van der Waals surface area contributed by atoms with Crippen molar-refractivity contribution < 1.29 is 14.7 Å². The lowest BCUT2D eigenvalue weighted by Gasteiger charge is -2.08. The Kier molecular flexibility index (Phi) is 1.25. The first-order chi connectivity index (χ1) is 5.27. The molecule has 0 spiro atoms. The summed E-state index contributed by atoms with van der Waals surface area (Å²) in [5, 5.41) is 8.58. The van der Waals surface area contributed by atoms with E-state index in [2.05, 4.69) is 5.48 Å². The Hall–Kier alpha value is -1.23. The Balaban J connectivity index is 2.13. The van der Waals surface area contributed by atoms with E-state index in [1.165, 1.54) is 4.90 Å². The number of rotatable bonds is 0. The van der Waals surface area contributed by atoms with Crippen LogP contribution in [0, 0.1) is 5.92 Å². The fourth-order valence-corrected chi connectivity index (χ4v) is 1.27. The molecule has 1 amide bonds. The third-order valence-corrected chi connectivity index (χ3v) is 1.87. The zero-order valence-electron chi connectivity index (χ0n) is 5.78. The molecule has 0 saturated carbocycles. The molecule has 0 aromatic carbocycles. The van der Waals surface area contributed by atoms with Crippen LogP contribution in [-0.4, -0.2) is 29.3 Å². The molecule has 0 aromatic heterocycles. The average molecular weight is 156 g/mol. The van der Waals surface area contributed by atoms with E-state index in [4.69, 9.17) is 9.94 Å². The largest absolute Gasteiger partial charge is 0.465 e. The van der Waals surface area contributed by atoms with Crippen molar-refractivity contribution in [3.8, 4) is 0 Å². The van der Waals surface area contributed by atoms with Crippen LogP contribution in [0.4, 0.5) is 4.79 Å². The molecule has 2 heterocycles. The smallest absolute Gasteiger partial charge is 0.411 e. The highest BCUT2D eigenvalue weighted by Crippen LogP contribution is 2.23. The maximum atomic E-state index is 10.4. The van der Waals surface area contributed by atoms with Gasteiger partial charge >= 0.3 is 6.09 Å². The van der Waals surface area contributed by atoms with Crippen LogP contribution in [0.25, 0.3) is 0 Å². The molecular weight excluding hydrogens is 148 g/mol. The Morgan fingerprint density at radius 1 is 1.91 bits per heavy atom. The van der Waals surface area contributed by atoms with E-state index in [0.29, 0.717) is 13.2 Å². The minimum atomic E-state index is -0.909. The molecule has 0 radical (unpaired) electrons. The van der Waals surface area contributed by atoms with Gasteiger partial charge in [0.1, 0.15) is 0 Å². The molecule has 2 aliphatic heterocycles. The number of fused-ring (bicyclic) bond motifs is 1. The van der Waals surface area contributed by atoms with Gasteiger partial charge in [-0.25, -0.2) is 4.79 Å². The van der Waals surface area contributed by atoms with Crippen molar-refractivity contribution in [2.24, 2.45) is 5.92 Å². The van der Waals surface area contributed by atoms with E-state index in [1.807, 2.05) is 0 Å². The van der Waals surface area contributed by atoms with Crippen LogP contribution in [0.15, 0.2) is 11.9 Å². The lowest BCUT2D eigenvalue weighted by Crippen LogP contribution is -2.24. The molecule has 0 aliphatic carbocycles. The average Bonchev–Trinajstić information content (AvgIpc) is 2.40. The van der Waals surface area contributed by atoms with Crippen molar-refractivity contribution >= 4 is 6.09 Å². The van der Waals surface area contributed by atoms with Crippen molar-refractivity contribution in [3.05, 3.63) is 11.9 Å². The van der Waals surface area contributed by atoms with Crippen molar-refractivity contribution in [2.75, 3.05) is 13.2 Å². The van der Waals surface area contributed by atoms with E-state index in [9.17, 15) is 4.79 Å². The predicted molar refractivity (Wildman–Crippen MR) is 35.4 cm³/mol. The normalized spacial score (nSPS) is 27.8. The molecule has 2 rings (SSSR count). The zero-order valence-corrected chi connectivity index (χ0v) is 5.78. The first kappa shape index (κ1) is 6.48. The second-order valence-corrected chi connectivity index (χ2v) is 2.63. The molecular formula is C6H8N2O3. The standard InChI is InChI=1S/C6H8N2O3/c9-6(10)8-1-4-3-11-7-5(4)2-8/h2,4,7H,1,3H2,(H,9,10). The summed E-state index contributed by atoms with van der Waals surface area (Å²) in [5.74, 6) is 0.214. The van der Waals surface area contributed by atoms with Gasteiger partial charge in [0.25, 0.3) is 0 Å². The molecule has 60 valence electrons. The second-order valence-electron chi connectivity index (χ2n) is 2.63. The highest BCUT2D eigenvalue weighted by atomic mass is 16.7. The number of hydrogen-bond donors (Lipinski definition) is 2. The van der Waals surface area contributed by atoms with Crippen molar-refractivity contribution in [3.63, 3.8) is 0 Å². The Bertz CT molecular complexity index is 226. The molecule has 0 bridgehead atoms. The highest BCUT2D eigenvalue weighted by Gasteiger charge is 2.32. The van der Waals surface area contributed by atoms with Crippen molar-refractivity contribution in [2.45, 2.75) is 0 Å². The van der Waals surface area contributed by atoms with Crippen molar-refractivity contribution in [1.82, 2.24) is 10.4 Å². The molecule has 2 aliphatic rings. The van der Waals surface area contributed by atoms with E-state index in [0.717, 1.165) is 5.70 Å². The van der Waals surface area contributed by atoms with E-state index in [1.54, 1.807) is 6.20 Å². The first-order valence-corrected chi connectivity index (χ1v) is 3.36. The third-order valence-electron chi connectivity index (χ3n) is 1.87. The van der Waals surface area contributed by atoms with Crippen LogP contribution in [0.5, 0.6) is 0 Å². The first-order valence-electron chi connectivity index (χ1n) is 3.36. The minimum absolute atomic E-state index is 0.214. The second kappa shape index (κ2) is 2.13. The zero-order chi connectivity index (χ0) is 7.84. The lowest BCUT2D eigenvalue weighted by molar-refractivity contribution is 0.0951. The van der Waals surface area contributed by atoms with Crippen LogP contribution in [0.3, 0.4) is 0 Å². The Labute approximate surface area is 63.2 Å². The molecule has 0 aromatic rings. The van der Waals surface area contributed by atoms with E-state index in [-0.39, 0.29) is 5.92 Å². The number of hydroxylamine groups is 1. The number of nitrogens with zero attached hydrogens (tertiary/aromatic N) is 1. The van der Waals surface area contributed by atoms with Gasteiger partial charge in [0, 0.05) is 18.7 Å². The van der Waals surface area contributed by atoms with Gasteiger partial charge in [-0.2, -0.15) is 0 Å². The summed E-state index contributed by atoms with van der Waals surface area (Å²) < 4.78 is 0. The fourth-order valence-electron chi connectivity index (χ4n) is 1.27. The molecule has 1 unspecified atom stereocenters. The van der Waals surface area contributed by atoms with E-state index < -0.39 is 6.09 Å². The summed E-state index contributed by atoms with van der Waals surface area (Å²) in [5.41, 5.74) is 3.53. The maximum Gasteiger partial charge on any atom is 0.411 e. The van der Waals surface area contributed by atoms with Gasteiger partial charge in [-0.3, -0.25) is 15.2 Å². The number of carboxylic acid groups (broad SMARTS) is 1. The monoisotopic (exact) mass is 156 g/mol. The lowest BCUT2D eigenvalue weighted by atomic mass is 10.1. The summed E-state index contributed by atoms with van der Waals surface area (Å²) >= 11 is 0. The summed E-state index contributed by atoms with van der Waals surface area (Å²) in [6.45, 7) is 1.08. The number of nitrogens with one attached hydrogen (secondary N) is 1. The highest BCUT2D eigenvalue weighted by molar-refractivity contribution is 5.67. The number of hydrogen-bond acceptors (Lipinski definition) is 3. The summed E-state index contributed by atoms with van der Waals surface area (Å²) in [6.07, 6.45) is 0.661. The Morgan fingerprint density at radius 3 is 3.36 bits per heavy atom. The molecule has 11 heavy (non-hydrogen) atoms. The van der Waals surface area contributed by atoms with Gasteiger partial charge in [0.05, 0.1) is 12.3 Å². The molecule has 1 saturated heterocycles. The fraction of sp³-hybridized carbons (Fsp3) is 0.500. The SMILES string of the molecule is O=C(O)N1C=C2NOCC2C1. The predicted octanol–water partition coefficient (Wildman–Crippen LogP) is -0.0276. The molecule has 5 nitrogen and oxygen atoms in total. The van der Waals surface area contributed by atoms with Gasteiger partial charge in [-0.1, -0.05) is 0 Å². The third kappa shape index (κ3) is 0.932. The van der Waals surface area contributed by atoms with Crippen LogP contribution >= 0.6 is 0 Å². The van der Waals surface area contributed by atoms with Gasteiger partial charge < -0.3 is 5.11 Å².